The third kappa shape index (κ3) is 0.882. The minimum absolute atomic E-state index is 0.237. The maximum absolute atomic E-state index is 10.1. The normalized spacial score (nSPS) is 62.5. The van der Waals surface area contributed by atoms with Crippen molar-refractivity contribution in [2.24, 2.45) is 11.8 Å². The van der Waals surface area contributed by atoms with E-state index < -0.39 is 5.60 Å². The number of rotatable bonds is 0. The number of nitrogens with one attached hydrogen (secondary N) is 1. The lowest BCUT2D eigenvalue weighted by Crippen LogP contribution is -2.59. The van der Waals surface area contributed by atoms with E-state index >= 15 is 0 Å². The fourth-order valence-corrected chi connectivity index (χ4v) is 4.21. The molecule has 2 unspecified atom stereocenters. The molecule has 12 heavy (non-hydrogen) atoms. The van der Waals surface area contributed by atoms with Gasteiger partial charge in [-0.3, -0.25) is 5.73 Å². The van der Waals surface area contributed by atoms with E-state index in [0.717, 1.165) is 32.1 Å². The lowest BCUT2D eigenvalue weighted by molar-refractivity contribution is -0.134. The summed E-state index contributed by atoms with van der Waals surface area (Å²) in [7, 11) is 0. The summed E-state index contributed by atoms with van der Waals surface area (Å²) in [6.45, 7) is 0. The van der Waals surface area contributed by atoms with Gasteiger partial charge in [0.25, 0.3) is 0 Å². The van der Waals surface area contributed by atoms with Gasteiger partial charge in [0.05, 0.1) is 5.60 Å². The van der Waals surface area contributed by atoms with E-state index in [0.29, 0.717) is 11.8 Å². The largest absolute Gasteiger partial charge is 0.390 e. The third-order valence-corrected chi connectivity index (χ3v) is 4.03. The third-order valence-electron chi connectivity index (χ3n) is 4.03. The van der Waals surface area contributed by atoms with Crippen LogP contribution in [0.25, 0.3) is 0 Å². The first-order valence-corrected chi connectivity index (χ1v) is 5.04. The van der Waals surface area contributed by atoms with Crippen LogP contribution in [0.4, 0.5) is 0 Å². The molecule has 0 amide bonds. The summed E-state index contributed by atoms with van der Waals surface area (Å²) in [5.41, 5.74) is 7.51. The fraction of sp³-hybridized carbons (Fsp3) is 1.00. The molecule has 1 radical (unpaired) electrons. The number of aliphatic hydroxyl groups is 1. The first kappa shape index (κ1) is 7.34. The molecule has 2 nitrogen and oxygen atoms in total. The zero-order valence-electron chi connectivity index (χ0n) is 7.34. The Morgan fingerprint density at radius 2 is 1.67 bits per heavy atom. The molecule has 4 bridgehead atoms. The van der Waals surface area contributed by atoms with E-state index in [4.69, 9.17) is 5.73 Å². The van der Waals surface area contributed by atoms with Crippen molar-refractivity contribution in [2.45, 2.75) is 49.7 Å². The quantitative estimate of drug-likeness (QED) is 0.580. The van der Waals surface area contributed by atoms with Crippen LogP contribution in [0.15, 0.2) is 0 Å². The molecule has 0 spiro atoms. The van der Waals surface area contributed by atoms with E-state index in [9.17, 15) is 5.11 Å². The molecular weight excluding hydrogens is 150 g/mol. The highest BCUT2D eigenvalue weighted by atomic mass is 16.3. The van der Waals surface area contributed by atoms with Crippen molar-refractivity contribution in [1.82, 2.24) is 5.73 Å². The molecule has 4 rings (SSSR count). The van der Waals surface area contributed by atoms with Gasteiger partial charge in [0.2, 0.25) is 0 Å². The summed E-state index contributed by atoms with van der Waals surface area (Å²) >= 11 is 0. The van der Waals surface area contributed by atoms with Crippen LogP contribution in [-0.2, 0) is 0 Å². The Hall–Kier alpha value is -0.0800. The molecule has 0 aliphatic heterocycles. The minimum Gasteiger partial charge on any atom is -0.390 e. The summed E-state index contributed by atoms with van der Waals surface area (Å²) in [5, 5.41) is 10.1. The summed E-state index contributed by atoms with van der Waals surface area (Å²) in [4.78, 5) is 0. The zero-order chi connectivity index (χ0) is 8.40. The molecule has 0 aromatic carbocycles. The van der Waals surface area contributed by atoms with Crippen LogP contribution in [0.1, 0.15) is 38.5 Å². The highest BCUT2D eigenvalue weighted by molar-refractivity contribution is 5.10. The highest BCUT2D eigenvalue weighted by Gasteiger charge is 2.55. The summed E-state index contributed by atoms with van der Waals surface area (Å²) in [6.07, 6.45) is 6.15. The number of hydrogen-bond donors (Lipinski definition) is 1. The SMILES string of the molecule is [NH]C12CC3CC(C1)CC(O)(C3)C2. The second-order valence-corrected chi connectivity index (χ2v) is 5.47. The lowest BCUT2D eigenvalue weighted by Gasteiger charge is -2.58. The highest BCUT2D eigenvalue weighted by Crippen LogP contribution is 2.56. The van der Waals surface area contributed by atoms with Crippen molar-refractivity contribution >= 4 is 0 Å². The molecule has 4 fully saturated rings. The molecule has 0 aromatic rings. The summed E-state index contributed by atoms with van der Waals surface area (Å²) < 4.78 is 0. The van der Waals surface area contributed by atoms with Crippen LogP contribution >= 0.6 is 0 Å². The lowest BCUT2D eigenvalue weighted by atomic mass is 9.51. The first-order valence-electron chi connectivity index (χ1n) is 5.04. The van der Waals surface area contributed by atoms with Crippen molar-refractivity contribution in [2.75, 3.05) is 0 Å². The predicted molar refractivity (Wildman–Crippen MR) is 45.5 cm³/mol. The van der Waals surface area contributed by atoms with Gasteiger partial charge >= 0.3 is 0 Å². The maximum atomic E-state index is 10.1. The van der Waals surface area contributed by atoms with Gasteiger partial charge in [-0.05, 0) is 50.4 Å². The van der Waals surface area contributed by atoms with Gasteiger partial charge in [-0.1, -0.05) is 0 Å². The smallest absolute Gasteiger partial charge is 0.0671 e. The zero-order valence-corrected chi connectivity index (χ0v) is 7.34. The van der Waals surface area contributed by atoms with Gasteiger partial charge in [-0.15, -0.1) is 0 Å². The average molecular weight is 166 g/mol. The van der Waals surface area contributed by atoms with Crippen molar-refractivity contribution in [3.8, 4) is 0 Å². The van der Waals surface area contributed by atoms with Gasteiger partial charge < -0.3 is 5.11 Å². The second kappa shape index (κ2) is 1.88. The fourth-order valence-electron chi connectivity index (χ4n) is 4.21. The molecule has 4 aliphatic carbocycles. The molecule has 0 heterocycles. The standard InChI is InChI=1S/C10H16NO/c11-9-2-7-1-8(3-9)5-10(12,4-7)6-9/h7-8,11-12H,1-6H2. The van der Waals surface area contributed by atoms with Crippen molar-refractivity contribution in [3.05, 3.63) is 0 Å². The molecule has 2 heteroatoms. The van der Waals surface area contributed by atoms with Gasteiger partial charge in [0.1, 0.15) is 0 Å². The molecular formula is C10H16NO. The Morgan fingerprint density at radius 1 is 1.08 bits per heavy atom. The topological polar surface area (TPSA) is 44.0 Å². The molecule has 0 saturated heterocycles. The Bertz CT molecular complexity index is 192. The molecule has 2 N–H and O–H groups in total. The second-order valence-electron chi connectivity index (χ2n) is 5.47. The van der Waals surface area contributed by atoms with E-state index in [1.54, 1.807) is 0 Å². The van der Waals surface area contributed by atoms with Gasteiger partial charge in [-0.25, -0.2) is 0 Å². The van der Waals surface area contributed by atoms with E-state index in [-0.39, 0.29) is 5.54 Å². The Labute approximate surface area is 73.1 Å². The minimum atomic E-state index is -0.425. The Balaban J connectivity index is 1.98. The molecule has 67 valence electrons. The summed E-state index contributed by atoms with van der Waals surface area (Å²) in [6, 6.07) is 0. The van der Waals surface area contributed by atoms with Crippen LogP contribution in [0, 0.1) is 11.8 Å². The maximum Gasteiger partial charge on any atom is 0.0671 e. The van der Waals surface area contributed by atoms with Gasteiger partial charge in [0.15, 0.2) is 0 Å². The molecule has 4 saturated carbocycles. The Morgan fingerprint density at radius 3 is 2.08 bits per heavy atom. The number of hydrogen-bond acceptors (Lipinski definition) is 1. The van der Waals surface area contributed by atoms with Crippen LogP contribution < -0.4 is 5.73 Å². The molecule has 4 aliphatic rings. The van der Waals surface area contributed by atoms with Gasteiger partial charge in [0, 0.05) is 5.54 Å². The van der Waals surface area contributed by atoms with E-state index in [1.807, 2.05) is 0 Å². The van der Waals surface area contributed by atoms with Crippen LogP contribution in [0.3, 0.4) is 0 Å². The van der Waals surface area contributed by atoms with Crippen LogP contribution in [-0.4, -0.2) is 16.2 Å². The first-order chi connectivity index (χ1) is 5.57. The van der Waals surface area contributed by atoms with Crippen LogP contribution in [0.2, 0.25) is 0 Å². The van der Waals surface area contributed by atoms with E-state index in [1.165, 1.54) is 6.42 Å². The van der Waals surface area contributed by atoms with Crippen LogP contribution in [0.5, 0.6) is 0 Å². The van der Waals surface area contributed by atoms with Crippen molar-refractivity contribution in [3.63, 3.8) is 0 Å². The molecule has 2 atom stereocenters. The average Bonchev–Trinajstić information content (AvgIpc) is 1.75. The van der Waals surface area contributed by atoms with Gasteiger partial charge in [-0.2, -0.15) is 0 Å². The predicted octanol–water partition coefficient (Wildman–Crippen LogP) is 1.35. The molecule has 0 aromatic heterocycles. The Kier molecular flexibility index (Phi) is 1.15. The summed E-state index contributed by atoms with van der Waals surface area (Å²) in [5.74, 6) is 1.35. The van der Waals surface area contributed by atoms with E-state index in [2.05, 4.69) is 0 Å². The van der Waals surface area contributed by atoms with Crippen molar-refractivity contribution < 1.29 is 5.11 Å². The van der Waals surface area contributed by atoms with Crippen molar-refractivity contribution in [1.29, 1.82) is 0 Å². The monoisotopic (exact) mass is 166 g/mol.